The molecule has 3 rings (SSSR count). The van der Waals surface area contributed by atoms with E-state index in [0.29, 0.717) is 33.7 Å². The summed E-state index contributed by atoms with van der Waals surface area (Å²) in [5.41, 5.74) is 0.985. The molecule has 0 aliphatic rings. The first-order chi connectivity index (χ1) is 11.4. The molecule has 0 aliphatic heterocycles. The summed E-state index contributed by atoms with van der Waals surface area (Å²) in [5, 5.41) is 0.662. The molecular formula is C17H13F3N2O2. The molecule has 0 bridgehead atoms. The minimum Gasteiger partial charge on any atom is -0.493 e. The van der Waals surface area contributed by atoms with E-state index in [0.717, 1.165) is 12.1 Å². The van der Waals surface area contributed by atoms with Gasteiger partial charge in [0, 0.05) is 17.0 Å². The second kappa shape index (κ2) is 5.99. The van der Waals surface area contributed by atoms with Crippen molar-refractivity contribution >= 4 is 10.9 Å². The van der Waals surface area contributed by atoms with Crippen molar-refractivity contribution < 1.29 is 22.6 Å². The first-order valence-corrected chi connectivity index (χ1v) is 6.98. The molecule has 7 heteroatoms. The van der Waals surface area contributed by atoms with Crippen LogP contribution in [0.3, 0.4) is 0 Å². The molecular weight excluding hydrogens is 321 g/mol. The van der Waals surface area contributed by atoms with Gasteiger partial charge in [0.05, 0.1) is 31.0 Å². The minimum atomic E-state index is -4.37. The number of alkyl halides is 3. The Bertz CT molecular complexity index is 877. The van der Waals surface area contributed by atoms with Crippen molar-refractivity contribution in [3.63, 3.8) is 0 Å². The second-order valence-electron chi connectivity index (χ2n) is 5.02. The van der Waals surface area contributed by atoms with Gasteiger partial charge in [0.2, 0.25) is 0 Å². The number of methoxy groups -OCH3 is 2. The van der Waals surface area contributed by atoms with Gasteiger partial charge in [0.1, 0.15) is 6.33 Å². The summed E-state index contributed by atoms with van der Waals surface area (Å²) in [5.74, 6) is 1.01. The van der Waals surface area contributed by atoms with E-state index in [1.807, 2.05) is 0 Å². The molecule has 0 spiro atoms. The summed E-state index contributed by atoms with van der Waals surface area (Å²) in [6.45, 7) is 0. The van der Waals surface area contributed by atoms with E-state index < -0.39 is 11.7 Å². The van der Waals surface area contributed by atoms with Crippen molar-refractivity contribution in [3.8, 4) is 22.8 Å². The van der Waals surface area contributed by atoms with Crippen LogP contribution in [0.2, 0.25) is 0 Å². The van der Waals surface area contributed by atoms with Crippen LogP contribution in [0.4, 0.5) is 13.2 Å². The van der Waals surface area contributed by atoms with Crippen LogP contribution in [0, 0.1) is 0 Å². The van der Waals surface area contributed by atoms with Gasteiger partial charge in [-0.1, -0.05) is 12.1 Å². The van der Waals surface area contributed by atoms with Crippen molar-refractivity contribution in [3.05, 3.63) is 48.3 Å². The quantitative estimate of drug-likeness (QED) is 0.715. The Morgan fingerprint density at radius 1 is 0.875 bits per heavy atom. The number of nitrogens with zero attached hydrogens (tertiary/aromatic N) is 2. The highest BCUT2D eigenvalue weighted by atomic mass is 19.4. The van der Waals surface area contributed by atoms with Crippen LogP contribution >= 0.6 is 0 Å². The SMILES string of the molecule is COc1cc2ncnc(-c3ccc(C(F)(F)F)cc3)c2cc1OC. The molecule has 0 saturated heterocycles. The average molecular weight is 334 g/mol. The second-order valence-corrected chi connectivity index (χ2v) is 5.02. The lowest BCUT2D eigenvalue weighted by atomic mass is 10.0. The van der Waals surface area contributed by atoms with Gasteiger partial charge in [-0.05, 0) is 18.2 Å². The number of ether oxygens (including phenoxy) is 2. The maximum absolute atomic E-state index is 12.7. The highest BCUT2D eigenvalue weighted by Crippen LogP contribution is 2.36. The standard InChI is InChI=1S/C17H13F3N2O2/c1-23-14-7-12-13(8-15(14)24-2)21-9-22-16(12)10-3-5-11(6-4-10)17(18,19)20/h3-9H,1-2H3. The van der Waals surface area contributed by atoms with E-state index in [-0.39, 0.29) is 0 Å². The molecule has 4 nitrogen and oxygen atoms in total. The van der Waals surface area contributed by atoms with E-state index >= 15 is 0 Å². The van der Waals surface area contributed by atoms with Crippen LogP contribution in [0.5, 0.6) is 11.5 Å². The van der Waals surface area contributed by atoms with Crippen molar-refractivity contribution in [2.75, 3.05) is 14.2 Å². The zero-order valence-corrected chi connectivity index (χ0v) is 12.9. The number of rotatable bonds is 3. The molecule has 0 aliphatic carbocycles. The van der Waals surface area contributed by atoms with Gasteiger partial charge < -0.3 is 9.47 Å². The normalized spacial score (nSPS) is 11.5. The molecule has 0 fully saturated rings. The van der Waals surface area contributed by atoms with Gasteiger partial charge in [-0.15, -0.1) is 0 Å². The Labute approximate surface area is 135 Å². The molecule has 0 radical (unpaired) electrons. The molecule has 1 aromatic heterocycles. The van der Waals surface area contributed by atoms with Crippen LogP contribution in [-0.2, 0) is 6.18 Å². The van der Waals surface area contributed by atoms with E-state index in [1.54, 1.807) is 12.1 Å². The molecule has 124 valence electrons. The molecule has 0 saturated carbocycles. The highest BCUT2D eigenvalue weighted by molar-refractivity contribution is 5.94. The Balaban J connectivity index is 2.16. The zero-order chi connectivity index (χ0) is 17.3. The minimum absolute atomic E-state index is 0.493. The number of hydrogen-bond acceptors (Lipinski definition) is 4. The lowest BCUT2D eigenvalue weighted by Crippen LogP contribution is -2.04. The number of fused-ring (bicyclic) bond motifs is 1. The number of aromatic nitrogens is 2. The third-order valence-corrected chi connectivity index (χ3v) is 3.63. The Morgan fingerprint density at radius 3 is 2.08 bits per heavy atom. The topological polar surface area (TPSA) is 44.2 Å². The fraction of sp³-hybridized carbons (Fsp3) is 0.176. The fourth-order valence-electron chi connectivity index (χ4n) is 2.43. The molecule has 0 unspecified atom stereocenters. The van der Waals surface area contributed by atoms with Crippen LogP contribution < -0.4 is 9.47 Å². The summed E-state index contributed by atoms with van der Waals surface area (Å²) in [6, 6.07) is 8.25. The van der Waals surface area contributed by atoms with E-state index in [1.165, 1.54) is 32.7 Å². The largest absolute Gasteiger partial charge is 0.493 e. The van der Waals surface area contributed by atoms with Gasteiger partial charge in [-0.25, -0.2) is 9.97 Å². The Kier molecular flexibility index (Phi) is 4.01. The summed E-state index contributed by atoms with van der Waals surface area (Å²) < 4.78 is 48.6. The third kappa shape index (κ3) is 2.84. The molecule has 0 N–H and O–H groups in total. The molecule has 3 aromatic rings. The van der Waals surface area contributed by atoms with Crippen molar-refractivity contribution in [1.82, 2.24) is 9.97 Å². The van der Waals surface area contributed by atoms with E-state index in [4.69, 9.17) is 9.47 Å². The van der Waals surface area contributed by atoms with Gasteiger partial charge in [0.25, 0.3) is 0 Å². The number of halogens is 3. The summed E-state index contributed by atoms with van der Waals surface area (Å²) in [4.78, 5) is 8.39. The van der Waals surface area contributed by atoms with Crippen molar-refractivity contribution in [1.29, 1.82) is 0 Å². The highest BCUT2D eigenvalue weighted by Gasteiger charge is 2.30. The van der Waals surface area contributed by atoms with Crippen molar-refractivity contribution in [2.24, 2.45) is 0 Å². The Hall–Kier alpha value is -2.83. The maximum Gasteiger partial charge on any atom is 0.416 e. The van der Waals surface area contributed by atoms with E-state index in [9.17, 15) is 13.2 Å². The Morgan fingerprint density at radius 2 is 1.50 bits per heavy atom. The third-order valence-electron chi connectivity index (χ3n) is 3.63. The van der Waals surface area contributed by atoms with Crippen LogP contribution in [0.1, 0.15) is 5.56 Å². The smallest absolute Gasteiger partial charge is 0.416 e. The van der Waals surface area contributed by atoms with Gasteiger partial charge >= 0.3 is 6.18 Å². The first kappa shape index (κ1) is 16.0. The summed E-state index contributed by atoms with van der Waals surface area (Å²) in [7, 11) is 3.02. The van der Waals surface area contributed by atoms with Gasteiger partial charge in [0.15, 0.2) is 11.5 Å². The lowest BCUT2D eigenvalue weighted by Gasteiger charge is -2.11. The summed E-state index contributed by atoms with van der Waals surface area (Å²) >= 11 is 0. The lowest BCUT2D eigenvalue weighted by molar-refractivity contribution is -0.137. The molecule has 0 atom stereocenters. The first-order valence-electron chi connectivity index (χ1n) is 6.98. The van der Waals surface area contributed by atoms with Gasteiger partial charge in [-0.3, -0.25) is 0 Å². The molecule has 24 heavy (non-hydrogen) atoms. The zero-order valence-electron chi connectivity index (χ0n) is 12.9. The number of benzene rings is 2. The molecule has 0 amide bonds. The molecule has 1 heterocycles. The van der Waals surface area contributed by atoms with Crippen molar-refractivity contribution in [2.45, 2.75) is 6.18 Å². The van der Waals surface area contributed by atoms with Crippen LogP contribution in [0.15, 0.2) is 42.7 Å². The predicted octanol–water partition coefficient (Wildman–Crippen LogP) is 4.33. The van der Waals surface area contributed by atoms with Crippen LogP contribution in [-0.4, -0.2) is 24.2 Å². The van der Waals surface area contributed by atoms with Gasteiger partial charge in [-0.2, -0.15) is 13.2 Å². The molecule has 2 aromatic carbocycles. The summed E-state index contributed by atoms with van der Waals surface area (Å²) in [6.07, 6.45) is -3.01. The maximum atomic E-state index is 12.7. The monoisotopic (exact) mass is 334 g/mol. The fourth-order valence-corrected chi connectivity index (χ4v) is 2.43. The predicted molar refractivity (Wildman–Crippen MR) is 83.1 cm³/mol. The average Bonchev–Trinajstić information content (AvgIpc) is 2.59. The van der Waals surface area contributed by atoms with Crippen LogP contribution in [0.25, 0.3) is 22.2 Å². The van der Waals surface area contributed by atoms with E-state index in [2.05, 4.69) is 9.97 Å². The number of hydrogen-bond donors (Lipinski definition) is 0.